The summed E-state index contributed by atoms with van der Waals surface area (Å²) in [5.41, 5.74) is 12.0. The number of halogens is 2. The largest absolute Gasteiger partial charge is 0.415 e. The fourth-order valence-electron chi connectivity index (χ4n) is 10.0. The first-order valence-electron chi connectivity index (χ1n) is 27.9. The molecule has 6 amide bonds. The van der Waals surface area contributed by atoms with Gasteiger partial charge in [0.1, 0.15) is 17.6 Å². The number of ketones is 3. The number of unbranched alkanes of at least 4 members (excludes halogenated alkanes) is 1. The summed E-state index contributed by atoms with van der Waals surface area (Å²) < 4.78 is 5.98. The van der Waals surface area contributed by atoms with E-state index in [2.05, 4.69) is 41.2 Å². The van der Waals surface area contributed by atoms with Gasteiger partial charge < -0.3 is 62.6 Å². The number of carbonyl (C=O) groups is 9. The van der Waals surface area contributed by atoms with Crippen LogP contribution in [0, 0.1) is 23.7 Å². The molecule has 5 rings (SSSR count). The number of aliphatic hydroxyl groups excluding tert-OH is 2. The highest BCUT2D eigenvalue weighted by Crippen LogP contribution is 2.33. The minimum atomic E-state index is -1.56. The van der Waals surface area contributed by atoms with Crippen molar-refractivity contribution in [2.45, 2.75) is 148 Å². The molecule has 452 valence electrons. The smallest absolute Gasteiger partial charge is 0.409 e. The number of hydrogen-bond donors (Lipinski definition) is 10. The number of fused-ring (bicyclic) bond motifs is 1. The van der Waals surface area contributed by atoms with Crippen molar-refractivity contribution in [1.29, 1.82) is 0 Å². The van der Waals surface area contributed by atoms with E-state index in [0.717, 1.165) is 6.42 Å². The van der Waals surface area contributed by atoms with Crippen LogP contribution >= 0.6 is 23.2 Å². The predicted molar refractivity (Wildman–Crippen MR) is 308 cm³/mol. The number of nitrogens with one attached hydrogen (secondary N) is 6. The van der Waals surface area contributed by atoms with Crippen LogP contribution in [0.4, 0.5) is 4.79 Å². The Hall–Kier alpha value is -7.12. The monoisotopic (exact) mass is 1190 g/mol. The van der Waals surface area contributed by atoms with E-state index in [4.69, 9.17) is 39.4 Å². The van der Waals surface area contributed by atoms with Crippen molar-refractivity contribution in [3.05, 3.63) is 75.0 Å². The van der Waals surface area contributed by atoms with E-state index < -0.39 is 139 Å². The number of aromatic nitrogens is 4. The molecule has 1 unspecified atom stereocenters. The van der Waals surface area contributed by atoms with Gasteiger partial charge in [-0.2, -0.15) is 0 Å². The van der Waals surface area contributed by atoms with E-state index in [1.807, 2.05) is 13.8 Å². The predicted octanol–water partition coefficient (Wildman–Crippen LogP) is 3.74. The maximum absolute atomic E-state index is 14.4. The molecule has 1 saturated heterocycles. The van der Waals surface area contributed by atoms with E-state index in [9.17, 15) is 58.2 Å². The number of aromatic amines is 2. The van der Waals surface area contributed by atoms with Crippen molar-refractivity contribution in [1.82, 2.24) is 46.1 Å². The molecular weight excluding hydrogens is 1120 g/mol. The Morgan fingerprint density at radius 1 is 0.795 bits per heavy atom. The van der Waals surface area contributed by atoms with Crippen molar-refractivity contribution in [2.75, 3.05) is 26.3 Å². The molecule has 24 nitrogen and oxygen atoms in total. The minimum Gasteiger partial charge on any atom is -0.409 e. The number of primary amides is 1. The standard InChI is InChI=1S/C57H77Cl2N11O13/c1-31(2)19-44(67-54(79)34(9-5-7-17-60)21-49(76)46(29-72)68-55(80)36(28-71)23-48(75)45(65-33(4)73)26-39-27-62-30-63-39)47(74)22-35(11-16-51(61)77)53(78)64-32(3)20-40-10-6-8-18-70(40)57(82)83-50-15-13-38(59)25-42(50)52-66-43-14-12-37(58)24-41(43)56(81)69-52/h12-15,24-25,27,30-32,34-36,40,44-46,71-72H,5-11,16-23,26,28-29,60H2,1-4H3,(H2,61,77)(H,62,63)(H,64,78)(H,65,73)(H,67,79)(H,68,80)(H,66,69,81)/t32-,34+,35+,36-,40?,44-,45-,46-/m0/s1. The van der Waals surface area contributed by atoms with Crippen LogP contribution < -0.4 is 43.0 Å². The van der Waals surface area contributed by atoms with E-state index in [1.54, 1.807) is 24.0 Å². The number of amides is 6. The molecule has 1 aliphatic rings. The SMILES string of the molecule is CC(=O)N[C@@H](Cc1cnc[nH]1)C(=O)C[C@@H](CO)C(=O)N[C@@H](CO)C(=O)C[C@@H](CCCCN)C(=O)N[C@@H](CC(C)C)C(=O)C[C@@H](CCC(N)=O)C(=O)N[C@@H](C)CC1CCCCN1C(=O)Oc1ccc(Cl)cc1-c1nc2ccc(Cl)cc2c(=O)[nH]1. The zero-order valence-corrected chi connectivity index (χ0v) is 48.7. The lowest BCUT2D eigenvalue weighted by Crippen LogP contribution is -2.50. The van der Waals surface area contributed by atoms with Gasteiger partial charge in [-0.3, -0.25) is 43.2 Å². The normalized spacial score (nSPS) is 15.9. The topological polar surface area (TPSA) is 381 Å². The van der Waals surface area contributed by atoms with Gasteiger partial charge in [0.2, 0.25) is 29.5 Å². The number of H-pyrrole nitrogens is 2. The van der Waals surface area contributed by atoms with Crippen molar-refractivity contribution >= 4 is 87.1 Å². The number of Topliss-reactive ketones (excluding diaryl/α,β-unsaturated/α-hetero) is 3. The van der Waals surface area contributed by atoms with Gasteiger partial charge >= 0.3 is 6.09 Å². The Balaban J connectivity index is 1.25. The third kappa shape index (κ3) is 20.6. The summed E-state index contributed by atoms with van der Waals surface area (Å²) in [4.78, 5) is 150. The van der Waals surface area contributed by atoms with Crippen molar-refractivity contribution in [2.24, 2.45) is 35.1 Å². The van der Waals surface area contributed by atoms with Crippen molar-refractivity contribution < 1.29 is 58.1 Å². The number of benzene rings is 2. The zero-order valence-electron chi connectivity index (χ0n) is 47.2. The highest BCUT2D eigenvalue weighted by Gasteiger charge is 2.36. The van der Waals surface area contributed by atoms with E-state index in [-0.39, 0.29) is 73.5 Å². The molecule has 3 heterocycles. The zero-order chi connectivity index (χ0) is 60.9. The molecule has 4 aromatic rings. The van der Waals surface area contributed by atoms with Crippen LogP contribution in [0.25, 0.3) is 22.3 Å². The quantitative estimate of drug-likeness (QED) is 0.0304. The lowest BCUT2D eigenvalue weighted by atomic mass is 9.88. The lowest BCUT2D eigenvalue weighted by Gasteiger charge is -2.36. The Morgan fingerprint density at radius 2 is 1.43 bits per heavy atom. The molecule has 1 fully saturated rings. The molecule has 0 spiro atoms. The molecule has 2 aromatic heterocycles. The van der Waals surface area contributed by atoms with Crippen molar-refractivity contribution in [3.8, 4) is 17.1 Å². The summed E-state index contributed by atoms with van der Waals surface area (Å²) in [5, 5.41) is 32.1. The molecule has 12 N–H and O–H groups in total. The first-order chi connectivity index (χ1) is 39.5. The Labute approximate surface area is 490 Å². The van der Waals surface area contributed by atoms with E-state index in [0.29, 0.717) is 53.5 Å². The number of nitrogens with two attached hydrogens (primary N) is 2. The second-order valence-electron chi connectivity index (χ2n) is 21.6. The number of nitrogens with zero attached hydrogens (tertiary/aromatic N) is 3. The molecule has 26 heteroatoms. The number of piperidine rings is 1. The van der Waals surface area contributed by atoms with E-state index in [1.165, 1.54) is 43.7 Å². The summed E-state index contributed by atoms with van der Waals surface area (Å²) >= 11 is 12.5. The Morgan fingerprint density at radius 3 is 2.08 bits per heavy atom. The average molecular weight is 1200 g/mol. The maximum Gasteiger partial charge on any atom is 0.415 e. The van der Waals surface area contributed by atoms with Gasteiger partial charge in [-0.1, -0.05) is 43.5 Å². The molecule has 0 bridgehead atoms. The third-order valence-electron chi connectivity index (χ3n) is 14.4. The summed E-state index contributed by atoms with van der Waals surface area (Å²) in [5.74, 6) is -8.76. The van der Waals surface area contributed by atoms with E-state index >= 15 is 0 Å². The van der Waals surface area contributed by atoms with Gasteiger partial charge in [0, 0.05) is 91.4 Å². The van der Waals surface area contributed by atoms with Crippen LogP contribution in [0.3, 0.4) is 0 Å². The van der Waals surface area contributed by atoms with Gasteiger partial charge in [-0.25, -0.2) is 14.8 Å². The molecule has 0 radical (unpaired) electrons. The van der Waals surface area contributed by atoms with Gasteiger partial charge in [-0.15, -0.1) is 0 Å². The van der Waals surface area contributed by atoms with Gasteiger partial charge in [0.15, 0.2) is 17.3 Å². The Bertz CT molecular complexity index is 2980. The molecule has 0 saturated carbocycles. The Kier molecular flexibility index (Phi) is 26.2. The molecule has 8 atom stereocenters. The molecule has 1 aliphatic heterocycles. The third-order valence-corrected chi connectivity index (χ3v) is 14.9. The second-order valence-corrected chi connectivity index (χ2v) is 22.5. The number of imidazole rings is 1. The fraction of sp³-hybridized carbons (Fsp3) is 0.544. The average Bonchev–Trinajstić information content (AvgIpc) is 4.06. The minimum absolute atomic E-state index is 0.0214. The van der Waals surface area contributed by atoms with Gasteiger partial charge in [-0.05, 0) is 107 Å². The molecule has 2 aromatic carbocycles. The van der Waals surface area contributed by atoms with Crippen molar-refractivity contribution in [3.63, 3.8) is 0 Å². The number of carbonyl (C=O) groups excluding carboxylic acids is 9. The number of hydrogen-bond acceptors (Lipinski definition) is 16. The highest BCUT2D eigenvalue weighted by atomic mass is 35.5. The lowest BCUT2D eigenvalue weighted by molar-refractivity contribution is -0.136. The summed E-state index contributed by atoms with van der Waals surface area (Å²) in [6.07, 6.45) is 3.85. The molecule has 0 aliphatic carbocycles. The van der Waals surface area contributed by atoms with Crippen LogP contribution in [-0.2, 0) is 44.8 Å². The molecule has 83 heavy (non-hydrogen) atoms. The highest BCUT2D eigenvalue weighted by molar-refractivity contribution is 6.31. The number of likely N-dealkylation sites (tertiary alicyclic amines) is 1. The first kappa shape index (κ1) is 66.7. The first-order valence-corrected chi connectivity index (χ1v) is 28.7. The second kappa shape index (κ2) is 32.7. The number of ether oxygens (including phenoxy) is 1. The van der Waals surface area contributed by atoms with Crippen LogP contribution in [-0.4, -0.2) is 145 Å². The van der Waals surface area contributed by atoms with Crippen LogP contribution in [0.15, 0.2) is 53.7 Å². The van der Waals surface area contributed by atoms with Crippen LogP contribution in [0.5, 0.6) is 5.75 Å². The fourth-order valence-corrected chi connectivity index (χ4v) is 10.4. The summed E-state index contributed by atoms with van der Waals surface area (Å²) in [6, 6.07) is 4.47. The van der Waals surface area contributed by atoms with Crippen LogP contribution in [0.1, 0.15) is 117 Å². The summed E-state index contributed by atoms with van der Waals surface area (Å²) in [7, 11) is 0. The van der Waals surface area contributed by atoms with Gasteiger partial charge in [0.05, 0.1) is 54.0 Å². The number of rotatable bonds is 33. The van der Waals surface area contributed by atoms with Gasteiger partial charge in [0.25, 0.3) is 5.56 Å². The summed E-state index contributed by atoms with van der Waals surface area (Å²) in [6.45, 7) is 5.52. The maximum atomic E-state index is 14.4. The molecular formula is C57H77Cl2N11O13. The van der Waals surface area contributed by atoms with Crippen LogP contribution in [0.2, 0.25) is 10.0 Å². The number of aliphatic hydroxyl groups is 2.